The molecule has 1 fully saturated rings. The van der Waals surface area contributed by atoms with Crippen molar-refractivity contribution in [2.24, 2.45) is 0 Å². The van der Waals surface area contributed by atoms with Crippen LogP contribution in [0, 0.1) is 13.8 Å². The van der Waals surface area contributed by atoms with Crippen molar-refractivity contribution >= 4 is 5.91 Å². The molecule has 1 saturated heterocycles. The number of aromatic nitrogens is 4. The van der Waals surface area contributed by atoms with Gasteiger partial charge in [-0.3, -0.25) is 9.48 Å². The number of hydrogen-bond acceptors (Lipinski definition) is 3. The van der Waals surface area contributed by atoms with Crippen LogP contribution in [0.15, 0.2) is 18.5 Å². The summed E-state index contributed by atoms with van der Waals surface area (Å²) in [5.74, 6) is 1.63. The molecule has 0 radical (unpaired) electrons. The van der Waals surface area contributed by atoms with E-state index in [1.165, 1.54) is 6.42 Å². The zero-order valence-electron chi connectivity index (χ0n) is 15.6. The van der Waals surface area contributed by atoms with Crippen LogP contribution in [-0.4, -0.2) is 43.2 Å². The maximum absolute atomic E-state index is 12.7. The highest BCUT2D eigenvalue weighted by molar-refractivity contribution is 5.76. The third kappa shape index (κ3) is 4.11. The van der Waals surface area contributed by atoms with Gasteiger partial charge in [0, 0.05) is 43.6 Å². The molecule has 136 valence electrons. The third-order valence-electron chi connectivity index (χ3n) is 5.03. The van der Waals surface area contributed by atoms with Gasteiger partial charge in [-0.15, -0.1) is 0 Å². The molecule has 6 heteroatoms. The summed E-state index contributed by atoms with van der Waals surface area (Å²) >= 11 is 0. The largest absolute Gasteiger partial charge is 0.340 e. The van der Waals surface area contributed by atoms with Gasteiger partial charge in [-0.05, 0) is 39.2 Å². The van der Waals surface area contributed by atoms with E-state index in [0.29, 0.717) is 12.5 Å². The second-order valence-electron chi connectivity index (χ2n) is 7.10. The summed E-state index contributed by atoms with van der Waals surface area (Å²) in [4.78, 5) is 19.3. The number of piperidine rings is 1. The number of aryl methyl sites for hydroxylation is 3. The third-order valence-corrected chi connectivity index (χ3v) is 5.03. The van der Waals surface area contributed by atoms with Crippen molar-refractivity contribution in [2.75, 3.05) is 13.1 Å². The molecule has 25 heavy (non-hydrogen) atoms. The number of amides is 1. The average molecular weight is 343 g/mol. The first kappa shape index (κ1) is 17.7. The van der Waals surface area contributed by atoms with Gasteiger partial charge in [0.2, 0.25) is 5.91 Å². The number of carbonyl (C=O) groups is 1. The summed E-state index contributed by atoms with van der Waals surface area (Å²) in [5, 5.41) is 4.41. The summed E-state index contributed by atoms with van der Waals surface area (Å²) in [6, 6.07) is 2.01. The van der Waals surface area contributed by atoms with E-state index in [2.05, 4.69) is 27.8 Å². The Morgan fingerprint density at radius 3 is 2.92 bits per heavy atom. The molecule has 3 rings (SSSR count). The highest BCUT2D eigenvalue weighted by Crippen LogP contribution is 2.26. The zero-order valence-corrected chi connectivity index (χ0v) is 15.6. The van der Waals surface area contributed by atoms with Gasteiger partial charge >= 0.3 is 0 Å². The van der Waals surface area contributed by atoms with Gasteiger partial charge in [-0.2, -0.15) is 5.10 Å². The standard InChI is InChI=1S/C19H29N5O/c1-4-5-9-22-11-8-20-19(22)17-7-6-10-23(13-17)18(25)14-24-16(3)12-15(2)21-24/h8,11-12,17H,4-7,9-10,13-14H2,1-3H3. The number of hydrogen-bond donors (Lipinski definition) is 0. The number of imidazole rings is 1. The molecule has 0 aliphatic carbocycles. The summed E-state index contributed by atoms with van der Waals surface area (Å²) in [7, 11) is 0. The van der Waals surface area contributed by atoms with Crippen LogP contribution in [-0.2, 0) is 17.9 Å². The number of likely N-dealkylation sites (tertiary alicyclic amines) is 1. The van der Waals surface area contributed by atoms with E-state index < -0.39 is 0 Å². The average Bonchev–Trinajstić information content (AvgIpc) is 3.19. The zero-order chi connectivity index (χ0) is 17.8. The van der Waals surface area contributed by atoms with E-state index in [4.69, 9.17) is 0 Å². The van der Waals surface area contributed by atoms with Gasteiger partial charge < -0.3 is 9.47 Å². The maximum atomic E-state index is 12.7. The highest BCUT2D eigenvalue weighted by Gasteiger charge is 2.27. The Morgan fingerprint density at radius 2 is 2.20 bits per heavy atom. The van der Waals surface area contributed by atoms with Gasteiger partial charge in [0.1, 0.15) is 12.4 Å². The first-order valence-corrected chi connectivity index (χ1v) is 9.38. The molecule has 1 aliphatic heterocycles. The lowest BCUT2D eigenvalue weighted by Gasteiger charge is -2.33. The van der Waals surface area contributed by atoms with Gasteiger partial charge in [0.15, 0.2) is 0 Å². The molecule has 0 N–H and O–H groups in total. The van der Waals surface area contributed by atoms with Gasteiger partial charge in [0.05, 0.1) is 5.69 Å². The van der Waals surface area contributed by atoms with Gasteiger partial charge in [0.25, 0.3) is 0 Å². The lowest BCUT2D eigenvalue weighted by molar-refractivity contribution is -0.133. The lowest BCUT2D eigenvalue weighted by atomic mass is 9.97. The quantitative estimate of drug-likeness (QED) is 0.810. The monoisotopic (exact) mass is 343 g/mol. The van der Waals surface area contributed by atoms with E-state index in [0.717, 1.165) is 56.1 Å². The fraction of sp³-hybridized carbons (Fsp3) is 0.632. The predicted molar refractivity (Wildman–Crippen MR) is 97.4 cm³/mol. The summed E-state index contributed by atoms with van der Waals surface area (Å²) < 4.78 is 4.08. The molecule has 0 aromatic carbocycles. The Balaban J connectivity index is 1.65. The van der Waals surface area contributed by atoms with Crippen LogP contribution in [0.1, 0.15) is 55.7 Å². The molecule has 1 unspecified atom stereocenters. The van der Waals surface area contributed by atoms with Crippen LogP contribution in [0.4, 0.5) is 0 Å². The van der Waals surface area contributed by atoms with Crippen LogP contribution in [0.3, 0.4) is 0 Å². The second kappa shape index (κ2) is 7.85. The molecule has 2 aromatic heterocycles. The van der Waals surface area contributed by atoms with Crippen molar-refractivity contribution in [3.63, 3.8) is 0 Å². The first-order valence-electron chi connectivity index (χ1n) is 9.38. The predicted octanol–water partition coefficient (Wildman–Crippen LogP) is 2.90. The molecule has 1 atom stereocenters. The number of nitrogens with zero attached hydrogens (tertiary/aromatic N) is 5. The Labute approximate surface area is 149 Å². The number of rotatable bonds is 6. The number of unbranched alkanes of at least 4 members (excludes halogenated alkanes) is 1. The Hall–Kier alpha value is -2.11. The van der Waals surface area contributed by atoms with Crippen molar-refractivity contribution in [3.05, 3.63) is 35.7 Å². The van der Waals surface area contributed by atoms with E-state index in [9.17, 15) is 4.79 Å². The minimum Gasteiger partial charge on any atom is -0.340 e. The normalized spacial score (nSPS) is 17.9. The molecule has 6 nitrogen and oxygen atoms in total. The van der Waals surface area contributed by atoms with Crippen molar-refractivity contribution in [2.45, 2.75) is 65.5 Å². The van der Waals surface area contributed by atoms with Crippen LogP contribution >= 0.6 is 0 Å². The topological polar surface area (TPSA) is 56.0 Å². The van der Waals surface area contributed by atoms with Crippen LogP contribution in [0.2, 0.25) is 0 Å². The molecular weight excluding hydrogens is 314 g/mol. The molecular formula is C19H29N5O. The minimum absolute atomic E-state index is 0.155. The summed E-state index contributed by atoms with van der Waals surface area (Å²) in [6.07, 6.45) is 8.44. The van der Waals surface area contributed by atoms with Gasteiger partial charge in [-0.1, -0.05) is 13.3 Å². The van der Waals surface area contributed by atoms with Crippen LogP contribution < -0.4 is 0 Å². The van der Waals surface area contributed by atoms with Crippen molar-refractivity contribution in [1.82, 2.24) is 24.2 Å². The fourth-order valence-corrected chi connectivity index (χ4v) is 3.68. The van der Waals surface area contributed by atoms with Crippen molar-refractivity contribution in [3.8, 4) is 0 Å². The van der Waals surface area contributed by atoms with Crippen LogP contribution in [0.25, 0.3) is 0 Å². The molecule has 3 heterocycles. The summed E-state index contributed by atoms with van der Waals surface area (Å²) in [6.45, 7) is 9.11. The smallest absolute Gasteiger partial charge is 0.244 e. The van der Waals surface area contributed by atoms with E-state index in [1.807, 2.05) is 35.7 Å². The second-order valence-corrected chi connectivity index (χ2v) is 7.10. The van der Waals surface area contributed by atoms with Crippen molar-refractivity contribution in [1.29, 1.82) is 0 Å². The Kier molecular flexibility index (Phi) is 5.56. The molecule has 0 saturated carbocycles. The van der Waals surface area contributed by atoms with E-state index in [1.54, 1.807) is 0 Å². The lowest BCUT2D eigenvalue weighted by Crippen LogP contribution is -2.41. The molecule has 1 amide bonds. The SMILES string of the molecule is CCCCn1ccnc1C1CCCN(C(=O)Cn2nc(C)cc2C)C1. The molecule has 1 aliphatic rings. The van der Waals surface area contributed by atoms with Crippen molar-refractivity contribution < 1.29 is 4.79 Å². The highest BCUT2D eigenvalue weighted by atomic mass is 16.2. The van der Waals surface area contributed by atoms with E-state index in [-0.39, 0.29) is 5.91 Å². The minimum atomic E-state index is 0.155. The molecule has 0 bridgehead atoms. The first-order chi connectivity index (χ1) is 12.1. The van der Waals surface area contributed by atoms with E-state index >= 15 is 0 Å². The Bertz CT molecular complexity index is 717. The maximum Gasteiger partial charge on any atom is 0.244 e. The Morgan fingerprint density at radius 1 is 1.36 bits per heavy atom. The number of carbonyl (C=O) groups excluding carboxylic acids is 1. The summed E-state index contributed by atoms with van der Waals surface area (Å²) in [5.41, 5.74) is 1.99. The van der Waals surface area contributed by atoms with Gasteiger partial charge in [-0.25, -0.2) is 4.98 Å². The molecule has 2 aromatic rings. The van der Waals surface area contributed by atoms with Crippen LogP contribution in [0.5, 0.6) is 0 Å². The fourth-order valence-electron chi connectivity index (χ4n) is 3.68. The molecule has 0 spiro atoms.